The molecular weight excluding hydrogens is 310 g/mol. The van der Waals surface area contributed by atoms with Crippen LogP contribution in [0, 0.1) is 5.92 Å². The average molecular weight is 328 g/mol. The molecule has 0 aromatic carbocycles. The van der Waals surface area contributed by atoms with Crippen LogP contribution in [0.4, 0.5) is 0 Å². The summed E-state index contributed by atoms with van der Waals surface area (Å²) in [6.07, 6.45) is 1.87. The van der Waals surface area contributed by atoms with E-state index in [9.17, 15) is 0 Å². The molecular formula is C13H18BrN3S. The fraction of sp³-hybridized carbons (Fsp3) is 0.462. The molecule has 98 valence electrons. The monoisotopic (exact) mass is 327 g/mol. The third-order valence-electron chi connectivity index (χ3n) is 2.60. The fourth-order valence-corrected chi connectivity index (χ4v) is 3.19. The van der Waals surface area contributed by atoms with E-state index in [-0.39, 0.29) is 0 Å². The lowest BCUT2D eigenvalue weighted by atomic mass is 10.2. The maximum absolute atomic E-state index is 4.39. The van der Waals surface area contributed by atoms with Crippen LogP contribution in [0.3, 0.4) is 0 Å². The van der Waals surface area contributed by atoms with E-state index in [1.54, 1.807) is 11.3 Å². The van der Waals surface area contributed by atoms with Gasteiger partial charge in [0.1, 0.15) is 0 Å². The summed E-state index contributed by atoms with van der Waals surface area (Å²) in [4.78, 5) is 1.32. The first kappa shape index (κ1) is 13.8. The first-order chi connectivity index (χ1) is 8.65. The van der Waals surface area contributed by atoms with Crippen LogP contribution < -0.4 is 5.32 Å². The van der Waals surface area contributed by atoms with E-state index in [2.05, 4.69) is 63.1 Å². The normalized spacial score (nSPS) is 11.3. The highest BCUT2D eigenvalue weighted by atomic mass is 79.9. The Bertz CT molecular complexity index is 490. The van der Waals surface area contributed by atoms with Gasteiger partial charge in [-0.2, -0.15) is 5.10 Å². The molecule has 3 nitrogen and oxygen atoms in total. The van der Waals surface area contributed by atoms with Crippen LogP contribution in [0.5, 0.6) is 0 Å². The van der Waals surface area contributed by atoms with Crippen molar-refractivity contribution in [1.29, 1.82) is 0 Å². The molecule has 0 saturated heterocycles. The molecule has 0 saturated carbocycles. The average Bonchev–Trinajstić information content (AvgIpc) is 2.89. The third kappa shape index (κ3) is 3.93. The predicted octanol–water partition coefficient (Wildman–Crippen LogP) is 3.50. The standard InChI is InChI=1S/C13H18BrN3S/c1-10(2)7-15-8-11-5-6-16-17(11)9-12-3-4-13(14)18-12/h3-6,10,15H,7-9H2,1-2H3. The minimum Gasteiger partial charge on any atom is -0.311 e. The molecule has 1 N–H and O–H groups in total. The molecule has 2 rings (SSSR count). The van der Waals surface area contributed by atoms with Crippen LogP contribution in [-0.4, -0.2) is 16.3 Å². The molecule has 0 radical (unpaired) electrons. The Hall–Kier alpha value is -0.650. The number of aromatic nitrogens is 2. The fourth-order valence-electron chi connectivity index (χ4n) is 1.73. The Labute approximate surface area is 120 Å². The van der Waals surface area contributed by atoms with Crippen molar-refractivity contribution in [3.63, 3.8) is 0 Å². The number of thiophene rings is 1. The van der Waals surface area contributed by atoms with Crippen molar-refractivity contribution in [2.24, 2.45) is 5.92 Å². The van der Waals surface area contributed by atoms with Crippen LogP contribution in [0.2, 0.25) is 0 Å². The molecule has 0 aliphatic heterocycles. The van der Waals surface area contributed by atoms with Gasteiger partial charge >= 0.3 is 0 Å². The zero-order valence-electron chi connectivity index (χ0n) is 10.7. The van der Waals surface area contributed by atoms with E-state index in [0.29, 0.717) is 5.92 Å². The Morgan fingerprint density at radius 1 is 1.39 bits per heavy atom. The lowest BCUT2D eigenvalue weighted by molar-refractivity contribution is 0.530. The van der Waals surface area contributed by atoms with Gasteiger partial charge in [-0.1, -0.05) is 13.8 Å². The van der Waals surface area contributed by atoms with Gasteiger partial charge in [-0.25, -0.2) is 0 Å². The van der Waals surface area contributed by atoms with E-state index in [1.807, 2.05) is 6.20 Å². The number of rotatable bonds is 6. The van der Waals surface area contributed by atoms with Gasteiger partial charge < -0.3 is 5.32 Å². The summed E-state index contributed by atoms with van der Waals surface area (Å²) < 4.78 is 3.23. The zero-order chi connectivity index (χ0) is 13.0. The Morgan fingerprint density at radius 2 is 2.22 bits per heavy atom. The van der Waals surface area contributed by atoms with Gasteiger partial charge in [0.25, 0.3) is 0 Å². The second-order valence-corrected chi connectivity index (χ2v) is 7.26. The van der Waals surface area contributed by atoms with Crippen LogP contribution in [-0.2, 0) is 13.1 Å². The van der Waals surface area contributed by atoms with Gasteiger partial charge in [0, 0.05) is 17.6 Å². The van der Waals surface area contributed by atoms with Gasteiger partial charge in [0.15, 0.2) is 0 Å². The first-order valence-corrected chi connectivity index (χ1v) is 7.71. The molecule has 0 atom stereocenters. The number of hydrogen-bond donors (Lipinski definition) is 1. The Kier molecular flexibility index (Phi) is 4.97. The Morgan fingerprint density at radius 3 is 2.89 bits per heavy atom. The smallest absolute Gasteiger partial charge is 0.0756 e. The molecule has 0 fully saturated rings. The van der Waals surface area contributed by atoms with Crippen LogP contribution in [0.25, 0.3) is 0 Å². The number of halogens is 1. The summed E-state index contributed by atoms with van der Waals surface area (Å²) in [5.74, 6) is 0.676. The molecule has 2 aromatic rings. The van der Waals surface area contributed by atoms with Crippen molar-refractivity contribution in [3.05, 3.63) is 38.8 Å². The van der Waals surface area contributed by atoms with Gasteiger partial charge in [-0.3, -0.25) is 4.68 Å². The summed E-state index contributed by atoms with van der Waals surface area (Å²) >= 11 is 5.25. The second kappa shape index (κ2) is 6.50. The van der Waals surface area contributed by atoms with Crippen LogP contribution >= 0.6 is 27.3 Å². The van der Waals surface area contributed by atoms with Crippen molar-refractivity contribution < 1.29 is 0 Å². The predicted molar refractivity (Wildman–Crippen MR) is 79.9 cm³/mol. The largest absolute Gasteiger partial charge is 0.311 e. The van der Waals surface area contributed by atoms with Gasteiger partial charge in [0.05, 0.1) is 16.0 Å². The van der Waals surface area contributed by atoms with Crippen molar-refractivity contribution >= 4 is 27.3 Å². The van der Waals surface area contributed by atoms with Crippen molar-refractivity contribution in [2.75, 3.05) is 6.54 Å². The molecule has 0 aliphatic carbocycles. The van der Waals surface area contributed by atoms with E-state index in [0.717, 1.165) is 19.6 Å². The maximum Gasteiger partial charge on any atom is 0.0756 e. The van der Waals surface area contributed by atoms with Gasteiger partial charge in [0.2, 0.25) is 0 Å². The molecule has 5 heteroatoms. The van der Waals surface area contributed by atoms with Gasteiger partial charge in [-0.05, 0) is 46.6 Å². The van der Waals surface area contributed by atoms with Crippen LogP contribution in [0.15, 0.2) is 28.2 Å². The zero-order valence-corrected chi connectivity index (χ0v) is 13.1. The summed E-state index contributed by atoms with van der Waals surface area (Å²) in [6, 6.07) is 6.30. The number of hydrogen-bond acceptors (Lipinski definition) is 3. The van der Waals surface area contributed by atoms with Crippen molar-refractivity contribution in [1.82, 2.24) is 15.1 Å². The minimum atomic E-state index is 0.676. The topological polar surface area (TPSA) is 29.9 Å². The summed E-state index contributed by atoms with van der Waals surface area (Å²) in [7, 11) is 0. The van der Waals surface area contributed by atoms with Crippen molar-refractivity contribution in [2.45, 2.75) is 26.9 Å². The Balaban J connectivity index is 1.95. The molecule has 2 heterocycles. The molecule has 0 amide bonds. The lowest BCUT2D eigenvalue weighted by Gasteiger charge is -2.09. The van der Waals surface area contributed by atoms with Crippen LogP contribution in [0.1, 0.15) is 24.4 Å². The van der Waals surface area contributed by atoms with E-state index >= 15 is 0 Å². The molecule has 0 aliphatic rings. The quantitative estimate of drug-likeness (QED) is 0.879. The third-order valence-corrected chi connectivity index (χ3v) is 4.21. The molecule has 2 aromatic heterocycles. The highest BCUT2D eigenvalue weighted by molar-refractivity contribution is 9.11. The summed E-state index contributed by atoms with van der Waals surface area (Å²) in [6.45, 7) is 7.20. The second-order valence-electron chi connectivity index (χ2n) is 4.71. The number of nitrogens with zero attached hydrogens (tertiary/aromatic N) is 2. The SMILES string of the molecule is CC(C)CNCc1ccnn1Cc1ccc(Br)s1. The maximum atomic E-state index is 4.39. The molecule has 0 spiro atoms. The summed E-state index contributed by atoms with van der Waals surface area (Å²) in [5.41, 5.74) is 1.24. The molecule has 18 heavy (non-hydrogen) atoms. The van der Waals surface area contributed by atoms with E-state index in [1.165, 1.54) is 14.4 Å². The molecule has 0 unspecified atom stereocenters. The van der Waals surface area contributed by atoms with Gasteiger partial charge in [-0.15, -0.1) is 11.3 Å². The highest BCUT2D eigenvalue weighted by Gasteiger charge is 2.05. The highest BCUT2D eigenvalue weighted by Crippen LogP contribution is 2.22. The molecule has 0 bridgehead atoms. The van der Waals surface area contributed by atoms with E-state index in [4.69, 9.17) is 0 Å². The first-order valence-electron chi connectivity index (χ1n) is 6.11. The summed E-state index contributed by atoms with van der Waals surface area (Å²) in [5, 5.41) is 7.84. The lowest BCUT2D eigenvalue weighted by Crippen LogP contribution is -2.21. The van der Waals surface area contributed by atoms with E-state index < -0.39 is 0 Å². The van der Waals surface area contributed by atoms with Crippen molar-refractivity contribution in [3.8, 4) is 0 Å². The minimum absolute atomic E-state index is 0.676. The number of nitrogens with one attached hydrogen (secondary N) is 1.